The fourth-order valence-electron chi connectivity index (χ4n) is 3.33. The van der Waals surface area contributed by atoms with Crippen molar-refractivity contribution in [2.45, 2.75) is 6.54 Å². The maximum atomic E-state index is 7.82. The van der Waals surface area contributed by atoms with Crippen molar-refractivity contribution in [1.29, 1.82) is 5.41 Å². The molecule has 0 aliphatic heterocycles. The molecular weight excluding hydrogens is 390 g/mol. The number of fused-ring (bicyclic) bond motifs is 1. The van der Waals surface area contributed by atoms with Gasteiger partial charge in [-0.1, -0.05) is 30.3 Å². The highest BCUT2D eigenvalue weighted by Gasteiger charge is 2.12. The number of ether oxygens (including phenoxy) is 2. The van der Waals surface area contributed by atoms with E-state index in [0.29, 0.717) is 23.9 Å². The molecule has 0 unspecified atom stereocenters. The van der Waals surface area contributed by atoms with Crippen LogP contribution >= 0.6 is 0 Å². The molecule has 0 spiro atoms. The van der Waals surface area contributed by atoms with Crippen LogP contribution in [0, 0.1) is 5.41 Å². The normalized spacial score (nSPS) is 10.5. The summed E-state index contributed by atoms with van der Waals surface area (Å²) in [6, 6.07) is 19.6. The fraction of sp³-hybridized carbons (Fsp3) is 0.125. The van der Waals surface area contributed by atoms with Crippen LogP contribution in [0.4, 0.5) is 17.2 Å². The topological polar surface area (TPSA) is 92.2 Å². The Morgan fingerprint density at radius 2 is 1.71 bits per heavy atom. The van der Waals surface area contributed by atoms with Crippen molar-refractivity contribution in [1.82, 2.24) is 9.97 Å². The second-order valence-electron chi connectivity index (χ2n) is 6.86. The number of benzene rings is 3. The number of nitrogens with one attached hydrogen (secondary N) is 3. The molecule has 0 saturated heterocycles. The van der Waals surface area contributed by atoms with E-state index in [1.807, 2.05) is 48.5 Å². The first-order chi connectivity index (χ1) is 15.2. The Hall–Kier alpha value is -4.13. The highest BCUT2D eigenvalue weighted by Crippen LogP contribution is 2.34. The first-order valence-corrected chi connectivity index (χ1v) is 9.78. The molecule has 3 aromatic carbocycles. The lowest BCUT2D eigenvalue weighted by molar-refractivity contribution is 0.356. The number of methoxy groups -OCH3 is 2. The van der Waals surface area contributed by atoms with E-state index < -0.39 is 0 Å². The Balaban J connectivity index is 1.60. The molecule has 156 valence electrons. The van der Waals surface area contributed by atoms with Crippen LogP contribution in [-0.2, 0) is 6.54 Å². The number of hydrogen-bond acceptors (Lipinski definition) is 7. The molecule has 3 N–H and O–H groups in total. The number of nitrogens with zero attached hydrogens (tertiary/aromatic N) is 2. The molecule has 0 saturated carbocycles. The van der Waals surface area contributed by atoms with Crippen LogP contribution in [0.25, 0.3) is 10.9 Å². The van der Waals surface area contributed by atoms with Gasteiger partial charge in [-0.2, -0.15) is 0 Å². The van der Waals surface area contributed by atoms with Crippen molar-refractivity contribution < 1.29 is 9.47 Å². The van der Waals surface area contributed by atoms with Gasteiger partial charge in [-0.25, -0.2) is 9.97 Å². The molecule has 1 heterocycles. The molecule has 4 rings (SSSR count). The molecule has 7 nitrogen and oxygen atoms in total. The lowest BCUT2D eigenvalue weighted by atomic mass is 10.1. The van der Waals surface area contributed by atoms with Crippen LogP contribution in [0.15, 0.2) is 67.0 Å². The van der Waals surface area contributed by atoms with E-state index in [9.17, 15) is 0 Å². The van der Waals surface area contributed by atoms with Gasteiger partial charge < -0.3 is 25.5 Å². The van der Waals surface area contributed by atoms with Crippen LogP contribution in [-0.4, -0.2) is 30.4 Å². The minimum absolute atomic E-state index is 0.605. The van der Waals surface area contributed by atoms with Crippen molar-refractivity contribution in [3.63, 3.8) is 0 Å². The molecule has 0 atom stereocenters. The zero-order valence-electron chi connectivity index (χ0n) is 17.3. The second-order valence-corrected chi connectivity index (χ2v) is 6.86. The first-order valence-electron chi connectivity index (χ1n) is 9.78. The van der Waals surface area contributed by atoms with Crippen molar-refractivity contribution >= 4 is 34.3 Å². The summed E-state index contributed by atoms with van der Waals surface area (Å²) < 4.78 is 10.8. The summed E-state index contributed by atoms with van der Waals surface area (Å²) in [4.78, 5) is 8.73. The summed E-state index contributed by atoms with van der Waals surface area (Å²) in [6.45, 7) is 0.687. The molecule has 1 aromatic heterocycles. The largest absolute Gasteiger partial charge is 0.493 e. The van der Waals surface area contributed by atoms with Gasteiger partial charge in [0.05, 0.1) is 19.7 Å². The highest BCUT2D eigenvalue weighted by atomic mass is 16.5. The highest BCUT2D eigenvalue weighted by molar-refractivity contribution is 5.94. The molecule has 4 aromatic rings. The molecule has 31 heavy (non-hydrogen) atoms. The lowest BCUT2D eigenvalue weighted by Gasteiger charge is -2.14. The average molecular weight is 413 g/mol. The molecular formula is C24H23N5O2. The number of hydrogen-bond donors (Lipinski definition) is 3. The smallest absolute Gasteiger partial charge is 0.162 e. The summed E-state index contributed by atoms with van der Waals surface area (Å²) in [5, 5.41) is 15.4. The van der Waals surface area contributed by atoms with Crippen LogP contribution in [0.2, 0.25) is 0 Å². The molecule has 0 amide bonds. The molecule has 0 radical (unpaired) electrons. The Morgan fingerprint density at radius 3 is 2.45 bits per heavy atom. The summed E-state index contributed by atoms with van der Waals surface area (Å²) >= 11 is 0. The van der Waals surface area contributed by atoms with Gasteiger partial charge in [0, 0.05) is 41.2 Å². The van der Waals surface area contributed by atoms with Gasteiger partial charge >= 0.3 is 0 Å². The third-order valence-corrected chi connectivity index (χ3v) is 4.94. The standard InChI is InChI=1S/C24H23N5O2/c1-30-22-11-19-21(12-23(22)31-2)27-15-28-24(19)29-18-8-9-20(17(10-18)13-25)26-14-16-6-4-3-5-7-16/h3-13,15,25-26H,14H2,1-2H3,(H,27,28,29). The molecule has 7 heteroatoms. The lowest BCUT2D eigenvalue weighted by Crippen LogP contribution is -2.03. The monoisotopic (exact) mass is 413 g/mol. The van der Waals surface area contributed by atoms with E-state index in [1.165, 1.54) is 18.1 Å². The fourth-order valence-corrected chi connectivity index (χ4v) is 3.33. The third-order valence-electron chi connectivity index (χ3n) is 4.94. The number of rotatable bonds is 8. The molecule has 0 aliphatic rings. The zero-order chi connectivity index (χ0) is 21.6. The van der Waals surface area contributed by atoms with Crippen molar-refractivity contribution in [3.05, 3.63) is 78.1 Å². The van der Waals surface area contributed by atoms with Crippen molar-refractivity contribution in [2.24, 2.45) is 0 Å². The predicted molar refractivity (Wildman–Crippen MR) is 124 cm³/mol. The van der Waals surface area contributed by atoms with Gasteiger partial charge in [0.2, 0.25) is 0 Å². The van der Waals surface area contributed by atoms with E-state index in [-0.39, 0.29) is 0 Å². The Bertz CT molecular complexity index is 1210. The van der Waals surface area contributed by atoms with Gasteiger partial charge in [0.1, 0.15) is 12.1 Å². The second kappa shape index (κ2) is 9.13. The summed E-state index contributed by atoms with van der Waals surface area (Å²) in [5.41, 5.74) is 4.40. The summed E-state index contributed by atoms with van der Waals surface area (Å²) in [5.74, 6) is 1.86. The van der Waals surface area contributed by atoms with Crippen LogP contribution in [0.3, 0.4) is 0 Å². The van der Waals surface area contributed by atoms with Crippen LogP contribution in [0.1, 0.15) is 11.1 Å². The van der Waals surface area contributed by atoms with Gasteiger partial charge in [0.15, 0.2) is 11.5 Å². The first kappa shape index (κ1) is 20.2. The molecule has 0 bridgehead atoms. The Morgan fingerprint density at radius 1 is 0.935 bits per heavy atom. The summed E-state index contributed by atoms with van der Waals surface area (Å²) in [7, 11) is 3.19. The van der Waals surface area contributed by atoms with E-state index in [2.05, 4.69) is 32.7 Å². The van der Waals surface area contributed by atoms with Crippen LogP contribution < -0.4 is 20.1 Å². The quantitative estimate of drug-likeness (QED) is 0.352. The predicted octanol–water partition coefficient (Wildman–Crippen LogP) is 5.00. The van der Waals surface area contributed by atoms with E-state index in [0.717, 1.165) is 27.8 Å². The number of aromatic nitrogens is 2. The minimum Gasteiger partial charge on any atom is -0.493 e. The third kappa shape index (κ3) is 4.40. The van der Waals surface area contributed by atoms with Crippen LogP contribution in [0.5, 0.6) is 11.5 Å². The Labute approximate surface area is 180 Å². The van der Waals surface area contributed by atoms with Gasteiger partial charge in [-0.15, -0.1) is 0 Å². The Kier molecular flexibility index (Phi) is 5.93. The van der Waals surface area contributed by atoms with E-state index in [1.54, 1.807) is 14.2 Å². The van der Waals surface area contributed by atoms with Crippen molar-refractivity contribution in [3.8, 4) is 11.5 Å². The zero-order valence-corrected chi connectivity index (χ0v) is 17.3. The minimum atomic E-state index is 0.605. The molecule has 0 fully saturated rings. The van der Waals surface area contributed by atoms with E-state index >= 15 is 0 Å². The maximum absolute atomic E-state index is 7.82. The number of anilines is 3. The van der Waals surface area contributed by atoms with E-state index in [4.69, 9.17) is 14.9 Å². The average Bonchev–Trinajstić information content (AvgIpc) is 2.83. The van der Waals surface area contributed by atoms with Gasteiger partial charge in [-0.3, -0.25) is 0 Å². The van der Waals surface area contributed by atoms with Crippen molar-refractivity contribution in [2.75, 3.05) is 24.9 Å². The van der Waals surface area contributed by atoms with Gasteiger partial charge in [0.25, 0.3) is 0 Å². The SMILES string of the molecule is COc1cc2ncnc(Nc3ccc(NCc4ccccc4)c(C=N)c3)c2cc1OC. The summed E-state index contributed by atoms with van der Waals surface area (Å²) in [6.07, 6.45) is 2.84. The van der Waals surface area contributed by atoms with Gasteiger partial charge in [-0.05, 0) is 29.8 Å². The molecule has 0 aliphatic carbocycles. The maximum Gasteiger partial charge on any atom is 0.162 e.